The van der Waals surface area contributed by atoms with E-state index in [1.165, 1.54) is 16.5 Å². The lowest BCUT2D eigenvalue weighted by molar-refractivity contribution is -0.671. The van der Waals surface area contributed by atoms with Crippen LogP contribution in [0, 0.1) is 6.92 Å². The van der Waals surface area contributed by atoms with Gasteiger partial charge in [0.05, 0.1) is 6.61 Å². The molecule has 0 aliphatic carbocycles. The zero-order valence-electron chi connectivity index (χ0n) is 13.9. The highest BCUT2D eigenvalue weighted by atomic mass is 31.2. The molecule has 0 aliphatic heterocycles. The van der Waals surface area contributed by atoms with Crippen LogP contribution in [0.3, 0.4) is 0 Å². The zero-order chi connectivity index (χ0) is 16.0. The van der Waals surface area contributed by atoms with Gasteiger partial charge in [-0.1, -0.05) is 19.1 Å². The molecule has 0 aliphatic rings. The van der Waals surface area contributed by atoms with E-state index < -0.39 is 7.37 Å². The van der Waals surface area contributed by atoms with Crippen LogP contribution < -0.4 is 4.57 Å². The average Bonchev–Trinajstić information content (AvgIpc) is 2.50. The average molecular weight is 320 g/mol. The standard InChI is InChI=1S/C18H27NO2P/c1-4-14-22(20,21-5-2)15-8-12-19-13-11-16(3)17-9-6-7-10-18(17)19/h6-7,9-11,13H,4-5,8,12,14-15H2,1-3H3/q+1. The first-order valence-corrected chi connectivity index (χ1v) is 10.2. The number of aromatic nitrogens is 1. The normalized spacial score (nSPS) is 14.1. The summed E-state index contributed by atoms with van der Waals surface area (Å²) in [7, 11) is -2.44. The highest BCUT2D eigenvalue weighted by molar-refractivity contribution is 7.58. The van der Waals surface area contributed by atoms with Crippen molar-refractivity contribution in [1.29, 1.82) is 0 Å². The summed E-state index contributed by atoms with van der Waals surface area (Å²) in [6.45, 7) is 7.54. The lowest BCUT2D eigenvalue weighted by atomic mass is 10.1. The fourth-order valence-electron chi connectivity index (χ4n) is 2.92. The summed E-state index contributed by atoms with van der Waals surface area (Å²) in [6.07, 6.45) is 5.29. The minimum Gasteiger partial charge on any atom is -0.329 e. The Morgan fingerprint density at radius 3 is 2.64 bits per heavy atom. The van der Waals surface area contributed by atoms with Crippen molar-refractivity contribution < 1.29 is 13.7 Å². The minimum atomic E-state index is -2.44. The SMILES string of the molecule is CCCP(=O)(CCC[n+]1ccc(C)c2ccccc21)OCC. The Hall–Kier alpha value is -1.18. The van der Waals surface area contributed by atoms with E-state index in [-0.39, 0.29) is 0 Å². The highest BCUT2D eigenvalue weighted by Gasteiger charge is 2.22. The maximum atomic E-state index is 12.7. The largest absolute Gasteiger partial charge is 0.329 e. The monoisotopic (exact) mass is 320 g/mol. The Bertz CT molecular complexity index is 659. The molecule has 4 heteroatoms. The van der Waals surface area contributed by atoms with Crippen molar-refractivity contribution in [3.8, 4) is 0 Å². The molecule has 0 radical (unpaired) electrons. The van der Waals surface area contributed by atoms with Crippen LogP contribution >= 0.6 is 7.37 Å². The third-order valence-electron chi connectivity index (χ3n) is 3.97. The van der Waals surface area contributed by atoms with Crippen molar-refractivity contribution in [1.82, 2.24) is 0 Å². The van der Waals surface area contributed by atoms with Crippen molar-refractivity contribution in [2.75, 3.05) is 18.9 Å². The molecule has 0 spiro atoms. The van der Waals surface area contributed by atoms with Crippen molar-refractivity contribution in [3.63, 3.8) is 0 Å². The third kappa shape index (κ3) is 4.18. The molecule has 0 N–H and O–H groups in total. The number of benzene rings is 1. The number of para-hydroxylation sites is 1. The molecule has 2 aromatic rings. The van der Waals surface area contributed by atoms with E-state index in [1.807, 2.05) is 6.92 Å². The number of fused-ring (bicyclic) bond motifs is 1. The first-order chi connectivity index (χ1) is 10.6. The van der Waals surface area contributed by atoms with Gasteiger partial charge in [-0.15, -0.1) is 0 Å². The van der Waals surface area contributed by atoms with Gasteiger partial charge in [-0.25, -0.2) is 0 Å². The van der Waals surface area contributed by atoms with Gasteiger partial charge < -0.3 is 4.52 Å². The second-order valence-corrected chi connectivity index (χ2v) is 8.52. The molecule has 3 nitrogen and oxygen atoms in total. The molecule has 120 valence electrons. The van der Waals surface area contributed by atoms with E-state index in [4.69, 9.17) is 4.52 Å². The van der Waals surface area contributed by atoms with Crippen LogP contribution in [-0.4, -0.2) is 18.9 Å². The fourth-order valence-corrected chi connectivity index (χ4v) is 5.18. The summed E-state index contributed by atoms with van der Waals surface area (Å²) in [4.78, 5) is 0. The Balaban J connectivity index is 2.09. The first-order valence-electron chi connectivity index (χ1n) is 8.20. The second-order valence-electron chi connectivity index (χ2n) is 5.74. The van der Waals surface area contributed by atoms with E-state index in [0.29, 0.717) is 18.9 Å². The predicted octanol–water partition coefficient (Wildman–Crippen LogP) is 4.55. The van der Waals surface area contributed by atoms with E-state index >= 15 is 0 Å². The number of pyridine rings is 1. The maximum Gasteiger partial charge on any atom is 0.212 e. The van der Waals surface area contributed by atoms with Gasteiger partial charge in [0.25, 0.3) is 0 Å². The van der Waals surface area contributed by atoms with Gasteiger partial charge >= 0.3 is 0 Å². The van der Waals surface area contributed by atoms with Gasteiger partial charge in [0.1, 0.15) is 6.54 Å². The number of nitrogens with zero attached hydrogens (tertiary/aromatic N) is 1. The molecular formula is C18H27NO2P+. The highest BCUT2D eigenvalue weighted by Crippen LogP contribution is 2.47. The van der Waals surface area contributed by atoms with E-state index in [9.17, 15) is 4.57 Å². The molecular weight excluding hydrogens is 293 g/mol. The predicted molar refractivity (Wildman–Crippen MR) is 92.8 cm³/mol. The minimum absolute atomic E-state index is 0.540. The Kier molecular flexibility index (Phi) is 6.16. The smallest absolute Gasteiger partial charge is 0.212 e. The number of aryl methyl sites for hydroxylation is 2. The van der Waals surface area contributed by atoms with Crippen LogP contribution in [0.5, 0.6) is 0 Å². The number of rotatable bonds is 8. The summed E-state index contributed by atoms with van der Waals surface area (Å²) >= 11 is 0. The Morgan fingerprint density at radius 1 is 1.14 bits per heavy atom. The summed E-state index contributed by atoms with van der Waals surface area (Å²) in [5.41, 5.74) is 2.53. The number of hydrogen-bond donors (Lipinski definition) is 0. The van der Waals surface area contributed by atoms with Crippen LogP contribution in [0.25, 0.3) is 10.9 Å². The molecule has 0 fully saturated rings. The van der Waals surface area contributed by atoms with Gasteiger partial charge in [0.2, 0.25) is 12.9 Å². The molecule has 1 aromatic carbocycles. The molecule has 0 saturated heterocycles. The quantitative estimate of drug-likeness (QED) is 0.527. The third-order valence-corrected chi connectivity index (χ3v) is 6.82. The number of hydrogen-bond acceptors (Lipinski definition) is 2. The Morgan fingerprint density at radius 2 is 1.91 bits per heavy atom. The Labute approximate surface area is 133 Å². The van der Waals surface area contributed by atoms with Crippen molar-refractivity contribution in [3.05, 3.63) is 42.1 Å². The fraction of sp³-hybridized carbons (Fsp3) is 0.500. The van der Waals surface area contributed by atoms with Crippen LogP contribution in [0.4, 0.5) is 0 Å². The molecule has 1 atom stereocenters. The van der Waals surface area contributed by atoms with Gasteiger partial charge in [-0.05, 0) is 31.9 Å². The van der Waals surface area contributed by atoms with Crippen LogP contribution in [-0.2, 0) is 15.6 Å². The molecule has 1 heterocycles. The van der Waals surface area contributed by atoms with Crippen LogP contribution in [0.2, 0.25) is 0 Å². The maximum absolute atomic E-state index is 12.7. The summed E-state index contributed by atoms with van der Waals surface area (Å²) in [5.74, 6) is 0. The lowest BCUT2D eigenvalue weighted by Crippen LogP contribution is -2.34. The molecule has 22 heavy (non-hydrogen) atoms. The van der Waals surface area contributed by atoms with Crippen molar-refractivity contribution in [2.24, 2.45) is 0 Å². The summed E-state index contributed by atoms with van der Waals surface area (Å²) < 4.78 is 20.5. The van der Waals surface area contributed by atoms with Crippen molar-refractivity contribution >= 4 is 18.3 Å². The van der Waals surface area contributed by atoms with Crippen molar-refractivity contribution in [2.45, 2.75) is 40.2 Å². The second kappa shape index (κ2) is 7.89. The van der Waals surface area contributed by atoms with Crippen LogP contribution in [0.1, 0.15) is 32.3 Å². The van der Waals surface area contributed by atoms with Crippen LogP contribution in [0.15, 0.2) is 36.5 Å². The zero-order valence-corrected chi connectivity index (χ0v) is 14.8. The lowest BCUT2D eigenvalue weighted by Gasteiger charge is -2.16. The molecule has 2 rings (SSSR count). The molecule has 0 saturated carbocycles. The topological polar surface area (TPSA) is 30.2 Å². The molecule has 1 unspecified atom stereocenters. The van der Waals surface area contributed by atoms with Gasteiger partial charge in [-0.2, -0.15) is 4.57 Å². The van der Waals surface area contributed by atoms with Gasteiger partial charge in [0.15, 0.2) is 6.20 Å². The first kappa shape index (κ1) is 17.2. The molecule has 0 bridgehead atoms. The molecule has 0 amide bonds. The molecule has 1 aromatic heterocycles. The summed E-state index contributed by atoms with van der Waals surface area (Å²) in [5, 5.41) is 1.28. The van der Waals surface area contributed by atoms with E-state index in [0.717, 1.165) is 19.4 Å². The van der Waals surface area contributed by atoms with Gasteiger partial charge in [0, 0.05) is 36.3 Å². The van der Waals surface area contributed by atoms with E-state index in [1.54, 1.807) is 0 Å². The van der Waals surface area contributed by atoms with Gasteiger partial charge in [-0.3, -0.25) is 4.57 Å². The van der Waals surface area contributed by atoms with E-state index in [2.05, 4.69) is 54.9 Å². The summed E-state index contributed by atoms with van der Waals surface area (Å²) in [6, 6.07) is 10.6.